The molecule has 0 aliphatic heterocycles. The van der Waals surface area contributed by atoms with Gasteiger partial charge >= 0.3 is 0 Å². The second kappa shape index (κ2) is 48.6. The molecule has 0 unspecified atom stereocenters. The van der Waals surface area contributed by atoms with E-state index in [9.17, 15) is 8.78 Å². The second-order valence-electron chi connectivity index (χ2n) is 14.7. The van der Waals surface area contributed by atoms with E-state index in [0.29, 0.717) is 6.54 Å². The summed E-state index contributed by atoms with van der Waals surface area (Å²) in [4.78, 5) is 3.96. The summed E-state index contributed by atoms with van der Waals surface area (Å²) in [6.07, 6.45) is 8.50. The fraction of sp³-hybridized carbons (Fsp3) is 0.317. The van der Waals surface area contributed by atoms with E-state index in [2.05, 4.69) is 67.6 Å². The van der Waals surface area contributed by atoms with Gasteiger partial charge in [0.25, 0.3) is 0 Å². The molecule has 0 spiro atoms. The normalized spacial score (nSPS) is 9.19. The van der Waals surface area contributed by atoms with E-state index in [1.165, 1.54) is 34.4 Å². The lowest BCUT2D eigenvalue weighted by Gasteiger charge is -1.96. The van der Waals surface area contributed by atoms with E-state index in [-0.39, 0.29) is 18.2 Å². The fourth-order valence-corrected chi connectivity index (χ4v) is 5.58. The molecule has 0 bridgehead atoms. The number of methoxy groups -OCH3 is 2. The number of aromatic nitrogens is 1. The number of ether oxygens (including phenoxy) is 2. The molecule has 7 rings (SSSR count). The van der Waals surface area contributed by atoms with Crippen molar-refractivity contribution in [2.75, 3.05) is 54.6 Å². The van der Waals surface area contributed by atoms with Gasteiger partial charge in [-0.25, -0.2) is 8.78 Å². The van der Waals surface area contributed by atoms with Gasteiger partial charge in [-0.2, -0.15) is 0 Å². The van der Waals surface area contributed by atoms with Gasteiger partial charge in [-0.05, 0) is 136 Å². The Kier molecular flexibility index (Phi) is 46.2. The fourth-order valence-electron chi connectivity index (χ4n) is 5.10. The Labute approximate surface area is 431 Å². The highest BCUT2D eigenvalue weighted by atomic mass is 35.5. The quantitative estimate of drug-likeness (QED) is 0.112. The first kappa shape index (κ1) is 66.6. The molecule has 0 saturated heterocycles. The molecule has 0 amide bonds. The Morgan fingerprint density at radius 3 is 1.37 bits per heavy atom. The number of para-hydroxylation sites is 1. The Hall–Kier alpha value is -5.45. The highest BCUT2D eigenvalue weighted by molar-refractivity contribution is 6.31. The number of pyridine rings is 1. The molecule has 70 heavy (non-hydrogen) atoms. The molecule has 10 heteroatoms. The second-order valence-corrected chi connectivity index (χ2v) is 15.5. The number of hydrogen-bond acceptors (Lipinski definition) is 6. The van der Waals surface area contributed by atoms with Crippen molar-refractivity contribution < 1.29 is 23.4 Å². The monoisotopic (exact) mass is 1000 g/mol. The SMILES string of the molecule is CCc1cccc(Cl)c1.CCc1cccc(F)c1.CCc1ccccc1Cl.CCc1ccccc1F.CCc1cccnc1.CNCCO.CNCCOC.COc1ccccc1.Cc1ccccc1. The first-order valence-electron chi connectivity index (χ1n) is 23.8. The summed E-state index contributed by atoms with van der Waals surface area (Å²) in [5.74, 6) is 0.668. The summed E-state index contributed by atoms with van der Waals surface area (Å²) in [6, 6.07) is 53.3. The van der Waals surface area contributed by atoms with Crippen LogP contribution < -0.4 is 15.4 Å². The molecule has 3 N–H and O–H groups in total. The summed E-state index contributed by atoms with van der Waals surface area (Å²) in [6.45, 7) is 15.0. The van der Waals surface area contributed by atoms with Crippen molar-refractivity contribution in [3.63, 3.8) is 0 Å². The summed E-state index contributed by atoms with van der Waals surface area (Å²) < 4.78 is 34.6. The molecule has 1 aromatic heterocycles. The maximum Gasteiger partial charge on any atom is 0.126 e. The largest absolute Gasteiger partial charge is 0.497 e. The molecule has 0 fully saturated rings. The van der Waals surface area contributed by atoms with Crippen LogP contribution in [0.15, 0.2) is 182 Å². The zero-order valence-corrected chi connectivity index (χ0v) is 44.9. The number of nitrogens with one attached hydrogen (secondary N) is 2. The van der Waals surface area contributed by atoms with Gasteiger partial charge in [0.05, 0.1) is 20.3 Å². The van der Waals surface area contributed by atoms with E-state index in [0.717, 1.165) is 72.2 Å². The minimum Gasteiger partial charge on any atom is -0.497 e. The molecule has 7 aromatic rings. The first-order valence-corrected chi connectivity index (χ1v) is 24.5. The van der Waals surface area contributed by atoms with Crippen LogP contribution in [0.25, 0.3) is 0 Å². The van der Waals surface area contributed by atoms with Crippen molar-refractivity contribution in [2.45, 2.75) is 73.6 Å². The van der Waals surface area contributed by atoms with Crippen molar-refractivity contribution in [1.82, 2.24) is 15.6 Å². The van der Waals surface area contributed by atoms with E-state index >= 15 is 0 Å². The third kappa shape index (κ3) is 39.4. The van der Waals surface area contributed by atoms with Crippen LogP contribution in [0, 0.1) is 18.6 Å². The highest BCUT2D eigenvalue weighted by Crippen LogP contribution is 2.14. The van der Waals surface area contributed by atoms with E-state index in [4.69, 9.17) is 37.8 Å². The number of hydrogen-bond donors (Lipinski definition) is 3. The standard InChI is InChI=1S/2C8H9Cl.2C8H9F.C7H9N.C7H8O.C7H8.C4H11NO.C3H9NO/c1-2-7-4-3-5-8(9)6-7;1-2-7-5-3-4-6-8(7)9;1-2-7-4-3-5-8(9)6-7;1-2-7-5-3-4-6-8(7)9;1-2-7-4-3-5-8-6-7;1-8-7-5-3-2-4-6-7;1-7-5-3-2-4-6-7;1-5-3-4-6-2;1-4-2-3-5/h4*3-6H,2H2,1H3;3-6H,2H2,1H3;2-6H,1H3;2-6H,1H3;5H,3-4H2,1-2H3;4-5H,2-3H2,1H3. The Bertz CT molecular complexity index is 2050. The molecule has 6 nitrogen and oxygen atoms in total. The van der Waals surface area contributed by atoms with Crippen LogP contribution in [-0.4, -0.2) is 64.7 Å². The number of aliphatic hydroxyl groups excluding tert-OH is 1. The summed E-state index contributed by atoms with van der Waals surface area (Å²) in [5, 5.41) is 15.4. The molecular formula is C60H81Cl2F2N3O3. The lowest BCUT2D eigenvalue weighted by molar-refractivity contribution is 0.201. The lowest BCUT2D eigenvalue weighted by atomic mass is 10.2. The molecule has 6 aromatic carbocycles. The van der Waals surface area contributed by atoms with Crippen LogP contribution in [0.1, 0.15) is 68.0 Å². The number of nitrogens with zero attached hydrogens (tertiary/aromatic N) is 1. The average Bonchev–Trinajstić information content (AvgIpc) is 3.40. The third-order valence-corrected chi connectivity index (χ3v) is 9.84. The van der Waals surface area contributed by atoms with Crippen molar-refractivity contribution in [1.29, 1.82) is 0 Å². The topological polar surface area (TPSA) is 75.6 Å². The minimum absolute atomic E-state index is 0.0972. The zero-order valence-electron chi connectivity index (χ0n) is 43.4. The maximum absolute atomic E-state index is 12.6. The number of halogens is 4. The van der Waals surface area contributed by atoms with Gasteiger partial charge in [0.1, 0.15) is 17.4 Å². The van der Waals surface area contributed by atoms with Crippen molar-refractivity contribution >= 4 is 23.2 Å². The maximum atomic E-state index is 12.6. The predicted octanol–water partition coefficient (Wildman–Crippen LogP) is 15.0. The van der Waals surface area contributed by atoms with Gasteiger partial charge in [-0.1, -0.05) is 179 Å². The van der Waals surface area contributed by atoms with Gasteiger partial charge in [0, 0.05) is 42.6 Å². The molecule has 0 aliphatic carbocycles. The van der Waals surface area contributed by atoms with Gasteiger partial charge in [0.2, 0.25) is 0 Å². The molecule has 0 atom stereocenters. The van der Waals surface area contributed by atoms with Crippen LogP contribution >= 0.6 is 23.2 Å². The van der Waals surface area contributed by atoms with Gasteiger partial charge in [-0.3, -0.25) is 4.98 Å². The minimum atomic E-state index is -0.144. The van der Waals surface area contributed by atoms with Crippen LogP contribution in [0.4, 0.5) is 8.78 Å². The number of benzene rings is 6. The predicted molar refractivity (Wildman–Crippen MR) is 298 cm³/mol. The Morgan fingerprint density at radius 1 is 0.543 bits per heavy atom. The number of aliphatic hydroxyl groups is 1. The van der Waals surface area contributed by atoms with Crippen molar-refractivity contribution in [2.24, 2.45) is 0 Å². The first-order chi connectivity index (χ1) is 33.9. The third-order valence-electron chi connectivity index (χ3n) is 9.24. The molecular weight excluding hydrogens is 920 g/mol. The lowest BCUT2D eigenvalue weighted by Crippen LogP contribution is -2.12. The Balaban J connectivity index is 0. The molecule has 0 saturated carbocycles. The zero-order chi connectivity index (χ0) is 52.5. The summed E-state index contributed by atoms with van der Waals surface area (Å²) in [7, 11) is 7.06. The average molecular weight is 1000 g/mol. The summed E-state index contributed by atoms with van der Waals surface area (Å²) in [5.41, 5.74) is 6.98. The van der Waals surface area contributed by atoms with Crippen molar-refractivity contribution in [3.05, 3.63) is 237 Å². The van der Waals surface area contributed by atoms with E-state index < -0.39 is 0 Å². The van der Waals surface area contributed by atoms with Gasteiger partial charge in [-0.15, -0.1) is 0 Å². The van der Waals surface area contributed by atoms with Gasteiger partial charge in [0.15, 0.2) is 0 Å². The molecule has 1 heterocycles. The van der Waals surface area contributed by atoms with Crippen LogP contribution in [0.3, 0.4) is 0 Å². The van der Waals surface area contributed by atoms with Crippen LogP contribution in [0.5, 0.6) is 5.75 Å². The highest BCUT2D eigenvalue weighted by Gasteiger charge is 1.94. The smallest absolute Gasteiger partial charge is 0.126 e. The van der Waals surface area contributed by atoms with Crippen molar-refractivity contribution in [3.8, 4) is 5.75 Å². The number of aryl methyl sites for hydroxylation is 6. The molecule has 0 aliphatic rings. The number of likely N-dealkylation sites (N-methyl/N-ethyl adjacent to an activating group) is 2. The van der Waals surface area contributed by atoms with Gasteiger partial charge < -0.3 is 25.2 Å². The Morgan fingerprint density at radius 2 is 1.06 bits per heavy atom. The molecule has 0 radical (unpaired) electrons. The van der Waals surface area contributed by atoms with E-state index in [1.54, 1.807) is 51.7 Å². The van der Waals surface area contributed by atoms with Crippen LogP contribution in [-0.2, 0) is 36.8 Å². The number of rotatable bonds is 11. The van der Waals surface area contributed by atoms with E-state index in [1.807, 2.05) is 136 Å². The van der Waals surface area contributed by atoms with Crippen LogP contribution in [0.2, 0.25) is 10.0 Å². The molecule has 382 valence electrons. The summed E-state index contributed by atoms with van der Waals surface area (Å²) >= 11 is 11.5.